The summed E-state index contributed by atoms with van der Waals surface area (Å²) in [6, 6.07) is 10.9. The topological polar surface area (TPSA) is 40.5 Å². The molecule has 0 aliphatic carbocycles. The zero-order valence-corrected chi connectivity index (χ0v) is 11.8. The summed E-state index contributed by atoms with van der Waals surface area (Å²) in [6.45, 7) is 2.45. The van der Waals surface area contributed by atoms with Gasteiger partial charge in [0.05, 0.1) is 5.92 Å². The third-order valence-corrected chi connectivity index (χ3v) is 4.21. The minimum Gasteiger partial charge on any atom is -0.481 e. The average Bonchev–Trinajstić information content (AvgIpc) is 2.48. The lowest BCUT2D eigenvalue weighted by Gasteiger charge is -2.30. The van der Waals surface area contributed by atoms with E-state index in [0.29, 0.717) is 12.8 Å². The number of likely N-dealkylation sites (tertiary alicyclic amines) is 1. The van der Waals surface area contributed by atoms with Gasteiger partial charge in [-0.2, -0.15) is 0 Å². The summed E-state index contributed by atoms with van der Waals surface area (Å²) in [6.07, 6.45) is 1.43. The van der Waals surface area contributed by atoms with Crippen molar-refractivity contribution in [1.29, 1.82) is 0 Å². The van der Waals surface area contributed by atoms with Crippen molar-refractivity contribution in [2.75, 3.05) is 13.1 Å². The molecule has 4 heteroatoms. The van der Waals surface area contributed by atoms with Gasteiger partial charge in [0.15, 0.2) is 0 Å². The molecule has 0 saturated carbocycles. The van der Waals surface area contributed by atoms with Crippen molar-refractivity contribution in [2.24, 2.45) is 5.92 Å². The van der Waals surface area contributed by atoms with E-state index in [1.807, 2.05) is 12.1 Å². The highest BCUT2D eigenvalue weighted by atomic mass is 19.1. The number of carboxylic acid groups (broad SMARTS) is 1. The van der Waals surface area contributed by atoms with E-state index in [1.165, 1.54) is 17.7 Å². The lowest BCUT2D eigenvalue weighted by molar-refractivity contribution is -0.143. The number of aliphatic carboxylic acids is 1. The van der Waals surface area contributed by atoms with Gasteiger partial charge in [-0.05, 0) is 60.5 Å². The van der Waals surface area contributed by atoms with Crippen LogP contribution in [0.4, 0.5) is 4.39 Å². The fraction of sp³-hybridized carbons (Fsp3) is 0.353. The van der Waals surface area contributed by atoms with Crippen LogP contribution < -0.4 is 0 Å². The molecule has 3 nitrogen and oxygen atoms in total. The average molecular weight is 287 g/mol. The molecule has 110 valence electrons. The summed E-state index contributed by atoms with van der Waals surface area (Å²) in [7, 11) is 0. The number of halogens is 1. The first-order chi connectivity index (χ1) is 10.1. The summed E-state index contributed by atoms with van der Waals surface area (Å²) in [5, 5.41) is 10.9. The summed E-state index contributed by atoms with van der Waals surface area (Å²) in [5.41, 5.74) is 1.18. The highest BCUT2D eigenvalue weighted by molar-refractivity contribution is 5.83. The Morgan fingerprint density at radius 2 is 1.81 bits per heavy atom. The van der Waals surface area contributed by atoms with Crippen LogP contribution in [0.3, 0.4) is 0 Å². The van der Waals surface area contributed by atoms with Crippen molar-refractivity contribution in [1.82, 2.24) is 4.90 Å². The first-order valence-corrected chi connectivity index (χ1v) is 7.25. The number of piperidine rings is 1. The van der Waals surface area contributed by atoms with Crippen LogP contribution in [0, 0.1) is 11.7 Å². The number of carboxylic acids is 1. The van der Waals surface area contributed by atoms with Gasteiger partial charge in [-0.3, -0.25) is 9.69 Å². The molecular weight excluding hydrogens is 269 g/mol. The molecule has 2 aromatic rings. The molecule has 1 aliphatic rings. The van der Waals surface area contributed by atoms with E-state index >= 15 is 0 Å². The Morgan fingerprint density at radius 1 is 1.14 bits per heavy atom. The van der Waals surface area contributed by atoms with Crippen LogP contribution in [0.5, 0.6) is 0 Å². The second-order valence-electron chi connectivity index (χ2n) is 5.71. The summed E-state index contributed by atoms with van der Waals surface area (Å²) in [5.74, 6) is -1.09. The molecular formula is C17H18FNO2. The van der Waals surface area contributed by atoms with E-state index in [-0.39, 0.29) is 11.7 Å². The lowest BCUT2D eigenvalue weighted by atomic mass is 9.96. The zero-order chi connectivity index (χ0) is 14.8. The van der Waals surface area contributed by atoms with Crippen molar-refractivity contribution in [3.63, 3.8) is 0 Å². The van der Waals surface area contributed by atoms with Crippen molar-refractivity contribution in [3.8, 4) is 0 Å². The predicted octanol–water partition coefficient (Wildman–Crippen LogP) is 3.28. The quantitative estimate of drug-likeness (QED) is 0.942. The Morgan fingerprint density at radius 3 is 2.52 bits per heavy atom. The summed E-state index contributed by atoms with van der Waals surface area (Å²) >= 11 is 0. The molecule has 0 unspecified atom stereocenters. The predicted molar refractivity (Wildman–Crippen MR) is 79.5 cm³/mol. The number of hydrogen-bond acceptors (Lipinski definition) is 2. The molecule has 0 amide bonds. The smallest absolute Gasteiger partial charge is 0.306 e. The SMILES string of the molecule is O=C(O)C1CCN(Cc2ccc3cc(F)ccc3c2)CC1. The highest BCUT2D eigenvalue weighted by Crippen LogP contribution is 2.22. The highest BCUT2D eigenvalue weighted by Gasteiger charge is 2.24. The van der Waals surface area contributed by atoms with Crippen LogP contribution >= 0.6 is 0 Å². The van der Waals surface area contributed by atoms with Crippen LogP contribution in [-0.2, 0) is 11.3 Å². The van der Waals surface area contributed by atoms with Gasteiger partial charge in [-0.25, -0.2) is 4.39 Å². The number of carbonyl (C=O) groups is 1. The Kier molecular flexibility index (Phi) is 3.88. The minimum absolute atomic E-state index is 0.194. The standard InChI is InChI=1S/C17H18FNO2/c18-16-4-3-14-9-12(1-2-15(14)10-16)11-19-7-5-13(6-8-19)17(20)21/h1-4,9-10,13H,5-8,11H2,(H,20,21). The van der Waals surface area contributed by atoms with E-state index < -0.39 is 5.97 Å². The summed E-state index contributed by atoms with van der Waals surface area (Å²) < 4.78 is 13.2. The van der Waals surface area contributed by atoms with E-state index in [9.17, 15) is 9.18 Å². The first kappa shape index (κ1) is 14.0. The van der Waals surface area contributed by atoms with Crippen molar-refractivity contribution in [3.05, 3.63) is 47.8 Å². The van der Waals surface area contributed by atoms with E-state index in [2.05, 4.69) is 11.0 Å². The molecule has 1 fully saturated rings. The lowest BCUT2D eigenvalue weighted by Crippen LogP contribution is -2.35. The molecule has 3 rings (SSSR count). The van der Waals surface area contributed by atoms with Crippen LogP contribution in [0.25, 0.3) is 10.8 Å². The maximum atomic E-state index is 13.2. The Hall–Kier alpha value is -1.94. The normalized spacial score (nSPS) is 17.2. The monoisotopic (exact) mass is 287 g/mol. The number of benzene rings is 2. The van der Waals surface area contributed by atoms with Gasteiger partial charge in [0.2, 0.25) is 0 Å². The maximum Gasteiger partial charge on any atom is 0.306 e. The second-order valence-corrected chi connectivity index (χ2v) is 5.71. The van der Waals surface area contributed by atoms with Crippen molar-refractivity contribution >= 4 is 16.7 Å². The van der Waals surface area contributed by atoms with Gasteiger partial charge in [0.1, 0.15) is 5.82 Å². The molecule has 0 aromatic heterocycles. The molecule has 0 atom stereocenters. The van der Waals surface area contributed by atoms with Gasteiger partial charge < -0.3 is 5.11 Å². The Balaban J connectivity index is 1.68. The second kappa shape index (κ2) is 5.82. The third kappa shape index (κ3) is 3.22. The fourth-order valence-corrected chi connectivity index (χ4v) is 2.96. The molecule has 0 radical (unpaired) electrons. The molecule has 21 heavy (non-hydrogen) atoms. The van der Waals surface area contributed by atoms with Crippen LogP contribution in [-0.4, -0.2) is 29.1 Å². The van der Waals surface area contributed by atoms with Gasteiger partial charge in [-0.15, -0.1) is 0 Å². The van der Waals surface area contributed by atoms with Gasteiger partial charge in [0, 0.05) is 6.54 Å². The van der Waals surface area contributed by atoms with E-state index in [0.717, 1.165) is 30.4 Å². The summed E-state index contributed by atoms with van der Waals surface area (Å²) in [4.78, 5) is 13.2. The van der Waals surface area contributed by atoms with Crippen molar-refractivity contribution in [2.45, 2.75) is 19.4 Å². The van der Waals surface area contributed by atoms with Gasteiger partial charge >= 0.3 is 5.97 Å². The van der Waals surface area contributed by atoms with Crippen molar-refractivity contribution < 1.29 is 14.3 Å². The maximum absolute atomic E-state index is 13.2. The van der Waals surface area contributed by atoms with E-state index in [1.54, 1.807) is 6.07 Å². The van der Waals surface area contributed by atoms with Crippen LogP contribution in [0.15, 0.2) is 36.4 Å². The number of nitrogens with zero attached hydrogens (tertiary/aromatic N) is 1. The largest absolute Gasteiger partial charge is 0.481 e. The Bertz CT molecular complexity index is 663. The fourth-order valence-electron chi connectivity index (χ4n) is 2.96. The van der Waals surface area contributed by atoms with Gasteiger partial charge in [-0.1, -0.05) is 18.2 Å². The minimum atomic E-state index is -0.678. The Labute approximate surface area is 123 Å². The van der Waals surface area contributed by atoms with E-state index in [4.69, 9.17) is 5.11 Å². The molecule has 1 saturated heterocycles. The number of hydrogen-bond donors (Lipinski definition) is 1. The molecule has 1 heterocycles. The molecule has 1 aliphatic heterocycles. The number of rotatable bonds is 3. The molecule has 0 bridgehead atoms. The zero-order valence-electron chi connectivity index (χ0n) is 11.8. The van der Waals surface area contributed by atoms with Crippen LogP contribution in [0.1, 0.15) is 18.4 Å². The number of fused-ring (bicyclic) bond motifs is 1. The first-order valence-electron chi connectivity index (χ1n) is 7.25. The van der Waals surface area contributed by atoms with Gasteiger partial charge in [0.25, 0.3) is 0 Å². The van der Waals surface area contributed by atoms with Crippen LogP contribution in [0.2, 0.25) is 0 Å². The molecule has 1 N–H and O–H groups in total. The third-order valence-electron chi connectivity index (χ3n) is 4.21. The molecule has 0 spiro atoms. The molecule has 2 aromatic carbocycles.